The molecule has 150 valence electrons. The molecule has 2 N–H and O–H groups in total. The third-order valence-corrected chi connectivity index (χ3v) is 4.89. The number of benzene rings is 1. The lowest BCUT2D eigenvalue weighted by Gasteiger charge is -2.26. The van der Waals surface area contributed by atoms with Crippen molar-refractivity contribution in [3.8, 4) is 0 Å². The Morgan fingerprint density at radius 3 is 2.67 bits per heavy atom. The van der Waals surface area contributed by atoms with Crippen molar-refractivity contribution in [2.45, 2.75) is 45.7 Å². The lowest BCUT2D eigenvalue weighted by atomic mass is 10.1. The standard InChI is InChI=1S/C21H35N5O/c1-5-22-21(24-16-18-11-9-17(2)10-12-18)23-13-7-15-26-14-6-8-19(26)20(27)25(3)4/h9-12,19H,5-8,13-16H2,1-4H3,(H2,22,23,24). The van der Waals surface area contributed by atoms with Gasteiger partial charge in [0, 0.05) is 33.7 Å². The van der Waals surface area contributed by atoms with Crippen LogP contribution in [-0.4, -0.2) is 68.0 Å². The van der Waals surface area contributed by atoms with Gasteiger partial charge >= 0.3 is 0 Å². The molecule has 0 bridgehead atoms. The lowest BCUT2D eigenvalue weighted by molar-refractivity contribution is -0.133. The number of carbonyl (C=O) groups excluding carboxylic acids is 1. The summed E-state index contributed by atoms with van der Waals surface area (Å²) in [5, 5.41) is 6.71. The van der Waals surface area contributed by atoms with E-state index >= 15 is 0 Å². The molecule has 0 aliphatic carbocycles. The fourth-order valence-electron chi connectivity index (χ4n) is 3.37. The summed E-state index contributed by atoms with van der Waals surface area (Å²) >= 11 is 0. The summed E-state index contributed by atoms with van der Waals surface area (Å²) in [7, 11) is 3.68. The van der Waals surface area contributed by atoms with Crippen LogP contribution in [0.15, 0.2) is 29.3 Å². The van der Waals surface area contributed by atoms with E-state index in [1.807, 2.05) is 14.1 Å². The van der Waals surface area contributed by atoms with Crippen LogP contribution >= 0.6 is 0 Å². The van der Waals surface area contributed by atoms with Crippen LogP contribution in [0, 0.1) is 6.92 Å². The Bertz CT molecular complexity index is 612. The highest BCUT2D eigenvalue weighted by Gasteiger charge is 2.30. The quantitative estimate of drug-likeness (QED) is 0.416. The van der Waals surface area contributed by atoms with Crippen molar-refractivity contribution in [1.82, 2.24) is 20.4 Å². The van der Waals surface area contributed by atoms with Gasteiger partial charge in [0.15, 0.2) is 5.96 Å². The van der Waals surface area contributed by atoms with Crippen molar-refractivity contribution >= 4 is 11.9 Å². The van der Waals surface area contributed by atoms with Gasteiger partial charge in [0.2, 0.25) is 5.91 Å². The smallest absolute Gasteiger partial charge is 0.239 e. The summed E-state index contributed by atoms with van der Waals surface area (Å²) in [6.07, 6.45) is 3.08. The highest BCUT2D eigenvalue weighted by molar-refractivity contribution is 5.81. The first kappa shape index (κ1) is 21.2. The molecule has 2 rings (SSSR count). The van der Waals surface area contributed by atoms with E-state index in [-0.39, 0.29) is 11.9 Å². The summed E-state index contributed by atoms with van der Waals surface area (Å²) in [6, 6.07) is 8.54. The molecule has 0 saturated carbocycles. The van der Waals surface area contributed by atoms with Gasteiger partial charge in [-0.25, -0.2) is 4.99 Å². The van der Waals surface area contributed by atoms with E-state index in [0.29, 0.717) is 6.54 Å². The van der Waals surface area contributed by atoms with Crippen LogP contribution < -0.4 is 10.6 Å². The van der Waals surface area contributed by atoms with Gasteiger partial charge in [-0.3, -0.25) is 9.69 Å². The maximum absolute atomic E-state index is 12.3. The molecule has 27 heavy (non-hydrogen) atoms. The topological polar surface area (TPSA) is 60.0 Å². The zero-order chi connectivity index (χ0) is 19.6. The van der Waals surface area contributed by atoms with E-state index < -0.39 is 0 Å². The van der Waals surface area contributed by atoms with Crippen molar-refractivity contribution in [1.29, 1.82) is 0 Å². The van der Waals surface area contributed by atoms with Gasteiger partial charge in [-0.05, 0) is 45.2 Å². The molecule has 6 heteroatoms. The summed E-state index contributed by atoms with van der Waals surface area (Å²) in [5.74, 6) is 1.08. The molecule has 0 spiro atoms. The van der Waals surface area contributed by atoms with Crippen molar-refractivity contribution in [2.75, 3.05) is 40.3 Å². The molecule has 1 unspecified atom stereocenters. The number of likely N-dealkylation sites (tertiary alicyclic amines) is 1. The molecule has 1 aromatic carbocycles. The van der Waals surface area contributed by atoms with E-state index in [0.717, 1.165) is 51.4 Å². The monoisotopic (exact) mass is 373 g/mol. The summed E-state index contributed by atoms with van der Waals surface area (Å²) in [4.78, 5) is 21.0. The Morgan fingerprint density at radius 2 is 2.00 bits per heavy atom. The fourth-order valence-corrected chi connectivity index (χ4v) is 3.37. The molecular weight excluding hydrogens is 338 g/mol. The first-order chi connectivity index (χ1) is 13.0. The van der Waals surface area contributed by atoms with Gasteiger partial charge in [-0.2, -0.15) is 0 Å². The summed E-state index contributed by atoms with van der Waals surface area (Å²) < 4.78 is 0. The zero-order valence-electron chi connectivity index (χ0n) is 17.3. The predicted molar refractivity (Wildman–Crippen MR) is 112 cm³/mol. The van der Waals surface area contributed by atoms with Gasteiger partial charge in [0.25, 0.3) is 0 Å². The number of guanidine groups is 1. The maximum Gasteiger partial charge on any atom is 0.239 e. The van der Waals surface area contributed by atoms with E-state index in [4.69, 9.17) is 0 Å². The molecule has 1 fully saturated rings. The number of aliphatic imine (C=N–C) groups is 1. The van der Waals surface area contributed by atoms with Crippen LogP contribution in [0.4, 0.5) is 0 Å². The SMILES string of the molecule is CCNC(=NCc1ccc(C)cc1)NCCCN1CCCC1C(=O)N(C)C. The van der Waals surface area contributed by atoms with Crippen LogP contribution in [0.5, 0.6) is 0 Å². The normalized spacial score (nSPS) is 17.8. The Hall–Kier alpha value is -2.08. The number of amides is 1. The first-order valence-corrected chi connectivity index (χ1v) is 10.0. The average Bonchev–Trinajstić information content (AvgIpc) is 3.12. The molecule has 1 aliphatic heterocycles. The van der Waals surface area contributed by atoms with Gasteiger partial charge in [0.05, 0.1) is 12.6 Å². The minimum Gasteiger partial charge on any atom is -0.357 e. The summed E-state index contributed by atoms with van der Waals surface area (Å²) in [5.41, 5.74) is 2.47. The Morgan fingerprint density at radius 1 is 1.26 bits per heavy atom. The maximum atomic E-state index is 12.3. The second-order valence-electron chi connectivity index (χ2n) is 7.39. The molecule has 0 radical (unpaired) electrons. The number of aryl methyl sites for hydroxylation is 1. The van der Waals surface area contributed by atoms with Crippen LogP contribution in [0.3, 0.4) is 0 Å². The molecule has 1 saturated heterocycles. The van der Waals surface area contributed by atoms with E-state index in [2.05, 4.69) is 58.6 Å². The van der Waals surface area contributed by atoms with Crippen LogP contribution in [0.25, 0.3) is 0 Å². The van der Waals surface area contributed by atoms with E-state index in [9.17, 15) is 4.79 Å². The Kier molecular flexibility index (Phi) is 8.58. The van der Waals surface area contributed by atoms with Crippen LogP contribution in [0.2, 0.25) is 0 Å². The third kappa shape index (κ3) is 6.86. The number of likely N-dealkylation sites (N-methyl/N-ethyl adjacent to an activating group) is 1. The van der Waals surface area contributed by atoms with Crippen molar-refractivity contribution in [2.24, 2.45) is 4.99 Å². The Balaban J connectivity index is 1.77. The van der Waals surface area contributed by atoms with E-state index in [1.165, 1.54) is 11.1 Å². The lowest BCUT2D eigenvalue weighted by Crippen LogP contribution is -2.44. The molecule has 1 amide bonds. The molecule has 1 heterocycles. The van der Waals surface area contributed by atoms with Gasteiger partial charge in [-0.1, -0.05) is 29.8 Å². The Labute approximate surface area is 164 Å². The zero-order valence-corrected chi connectivity index (χ0v) is 17.3. The third-order valence-electron chi connectivity index (χ3n) is 4.89. The molecule has 0 aromatic heterocycles. The molecule has 1 aromatic rings. The molecular formula is C21H35N5O. The number of nitrogens with one attached hydrogen (secondary N) is 2. The number of rotatable bonds is 8. The van der Waals surface area contributed by atoms with Gasteiger partial charge in [-0.15, -0.1) is 0 Å². The minimum absolute atomic E-state index is 0.0587. The number of nitrogens with zero attached hydrogens (tertiary/aromatic N) is 3. The largest absolute Gasteiger partial charge is 0.357 e. The minimum atomic E-state index is 0.0587. The summed E-state index contributed by atoms with van der Waals surface area (Å²) in [6.45, 7) is 8.48. The molecule has 6 nitrogen and oxygen atoms in total. The van der Waals surface area contributed by atoms with Crippen LogP contribution in [-0.2, 0) is 11.3 Å². The van der Waals surface area contributed by atoms with Crippen LogP contribution in [0.1, 0.15) is 37.3 Å². The highest BCUT2D eigenvalue weighted by Crippen LogP contribution is 2.18. The highest BCUT2D eigenvalue weighted by atomic mass is 16.2. The second-order valence-corrected chi connectivity index (χ2v) is 7.39. The average molecular weight is 374 g/mol. The van der Waals surface area contributed by atoms with Gasteiger partial charge in [0.1, 0.15) is 0 Å². The second kappa shape index (κ2) is 10.9. The number of hydrogen-bond acceptors (Lipinski definition) is 3. The predicted octanol–water partition coefficient (Wildman–Crippen LogP) is 1.99. The first-order valence-electron chi connectivity index (χ1n) is 10.0. The number of carbonyl (C=O) groups is 1. The van der Waals surface area contributed by atoms with Crippen molar-refractivity contribution in [3.63, 3.8) is 0 Å². The molecule has 1 aliphatic rings. The van der Waals surface area contributed by atoms with E-state index in [1.54, 1.807) is 4.90 Å². The number of hydrogen-bond donors (Lipinski definition) is 2. The fraction of sp³-hybridized carbons (Fsp3) is 0.619. The van der Waals surface area contributed by atoms with Crippen molar-refractivity contribution in [3.05, 3.63) is 35.4 Å². The van der Waals surface area contributed by atoms with Gasteiger partial charge < -0.3 is 15.5 Å². The van der Waals surface area contributed by atoms with Crippen molar-refractivity contribution < 1.29 is 4.79 Å². The molecule has 1 atom stereocenters.